The van der Waals surface area contributed by atoms with E-state index in [2.05, 4.69) is 0 Å². The summed E-state index contributed by atoms with van der Waals surface area (Å²) < 4.78 is 0. The van der Waals surface area contributed by atoms with Crippen LogP contribution in [0.2, 0.25) is 0 Å². The van der Waals surface area contributed by atoms with Crippen molar-refractivity contribution in [3.63, 3.8) is 0 Å². The summed E-state index contributed by atoms with van der Waals surface area (Å²) in [5.74, 6) is 0. The molecule has 1 unspecified atom stereocenters. The molecule has 0 aliphatic rings. The Hall–Kier alpha value is 0.517. The van der Waals surface area contributed by atoms with Crippen molar-refractivity contribution >= 4 is 18.9 Å². The first-order valence-corrected chi connectivity index (χ1v) is 1.56. The normalized spacial score (nSPS) is 12.5. The van der Waals surface area contributed by atoms with Gasteiger partial charge in [-0.2, -0.15) is 0 Å². The molecule has 3 heteroatoms. The standard InChI is InChI=1S/C3H8O2.Li.H/c1-3(5)2-4;;/h3-5H,2H2,1H3;;. The number of aliphatic hydroxyl groups is 2. The van der Waals surface area contributed by atoms with E-state index in [9.17, 15) is 0 Å². The van der Waals surface area contributed by atoms with Gasteiger partial charge in [0.25, 0.3) is 0 Å². The summed E-state index contributed by atoms with van der Waals surface area (Å²) in [5, 5.41) is 16.0. The summed E-state index contributed by atoms with van der Waals surface area (Å²) in [6.07, 6.45) is -0.560. The van der Waals surface area contributed by atoms with Crippen molar-refractivity contribution in [3.05, 3.63) is 0 Å². The zero-order valence-electron chi connectivity index (χ0n) is 3.18. The van der Waals surface area contributed by atoms with Gasteiger partial charge in [-0.3, -0.25) is 0 Å². The molecular formula is C3H9LiO2. The summed E-state index contributed by atoms with van der Waals surface area (Å²) in [7, 11) is 0. The molecule has 0 amide bonds. The van der Waals surface area contributed by atoms with Crippen LogP contribution in [0.1, 0.15) is 6.92 Å². The minimum absolute atomic E-state index is 0. The molecule has 0 heterocycles. The molecular weight excluding hydrogens is 75.0 g/mol. The Morgan fingerprint density at radius 1 is 1.67 bits per heavy atom. The Balaban J connectivity index is 0. The molecule has 2 nitrogen and oxygen atoms in total. The second-order valence-corrected chi connectivity index (χ2v) is 1.03. The van der Waals surface area contributed by atoms with Gasteiger partial charge >= 0.3 is 18.9 Å². The molecule has 0 bridgehead atoms. The molecule has 0 aromatic rings. The molecule has 6 heavy (non-hydrogen) atoms. The van der Waals surface area contributed by atoms with Crippen molar-refractivity contribution in [3.8, 4) is 0 Å². The van der Waals surface area contributed by atoms with Crippen LogP contribution in [0.25, 0.3) is 0 Å². The molecule has 2 N–H and O–H groups in total. The van der Waals surface area contributed by atoms with Gasteiger partial charge < -0.3 is 10.2 Å². The van der Waals surface area contributed by atoms with Gasteiger partial charge in [0.1, 0.15) is 0 Å². The molecule has 0 radical (unpaired) electrons. The van der Waals surface area contributed by atoms with Gasteiger partial charge in [-0.25, -0.2) is 0 Å². The van der Waals surface area contributed by atoms with Crippen LogP contribution >= 0.6 is 0 Å². The molecule has 1 atom stereocenters. The van der Waals surface area contributed by atoms with Crippen LogP contribution in [0.15, 0.2) is 0 Å². The van der Waals surface area contributed by atoms with E-state index >= 15 is 0 Å². The summed E-state index contributed by atoms with van der Waals surface area (Å²) in [5.41, 5.74) is 0. The number of hydrogen-bond acceptors (Lipinski definition) is 2. The predicted octanol–water partition coefficient (Wildman–Crippen LogP) is -1.29. The quantitative estimate of drug-likeness (QED) is 0.388. The Morgan fingerprint density at radius 2 is 1.83 bits per heavy atom. The Kier molecular flexibility index (Phi) is 8.94. The summed E-state index contributed by atoms with van der Waals surface area (Å²) in [4.78, 5) is 0. The Morgan fingerprint density at radius 3 is 1.83 bits per heavy atom. The van der Waals surface area contributed by atoms with E-state index in [0.717, 1.165) is 0 Å². The zero-order valence-corrected chi connectivity index (χ0v) is 3.18. The zero-order chi connectivity index (χ0) is 4.28. The van der Waals surface area contributed by atoms with E-state index in [0.29, 0.717) is 0 Å². The molecule has 0 saturated carbocycles. The number of aliphatic hydroxyl groups excluding tert-OH is 2. The van der Waals surface area contributed by atoms with Gasteiger partial charge in [-0.1, -0.05) is 0 Å². The third-order valence-corrected chi connectivity index (χ3v) is 0.264. The monoisotopic (exact) mass is 84.1 g/mol. The van der Waals surface area contributed by atoms with Crippen LogP contribution in [0.5, 0.6) is 0 Å². The van der Waals surface area contributed by atoms with Crippen molar-refractivity contribution in [1.29, 1.82) is 0 Å². The van der Waals surface area contributed by atoms with Crippen molar-refractivity contribution in [1.82, 2.24) is 0 Å². The molecule has 34 valence electrons. The molecule has 0 aromatic heterocycles. The van der Waals surface area contributed by atoms with Crippen LogP contribution in [0.3, 0.4) is 0 Å². The number of rotatable bonds is 1. The third kappa shape index (κ3) is 8.82. The Labute approximate surface area is 49.4 Å². The molecule has 0 aromatic carbocycles. The fourth-order valence-electron chi connectivity index (χ4n) is 0. The van der Waals surface area contributed by atoms with Gasteiger partial charge in [0, 0.05) is 0 Å². The van der Waals surface area contributed by atoms with Crippen molar-refractivity contribution in [2.45, 2.75) is 13.0 Å². The fourth-order valence-corrected chi connectivity index (χ4v) is 0. The first kappa shape index (κ1) is 9.72. The van der Waals surface area contributed by atoms with Gasteiger partial charge in [0.05, 0.1) is 12.7 Å². The molecule has 0 rings (SSSR count). The summed E-state index contributed by atoms with van der Waals surface area (Å²) in [6, 6.07) is 0. The second kappa shape index (κ2) is 5.52. The van der Waals surface area contributed by atoms with E-state index in [1.165, 1.54) is 6.92 Å². The van der Waals surface area contributed by atoms with E-state index < -0.39 is 6.10 Å². The van der Waals surface area contributed by atoms with Gasteiger partial charge in [0.15, 0.2) is 0 Å². The molecule has 0 fully saturated rings. The van der Waals surface area contributed by atoms with Crippen LogP contribution in [0, 0.1) is 0 Å². The molecule has 0 spiro atoms. The first-order chi connectivity index (χ1) is 2.27. The second-order valence-electron chi connectivity index (χ2n) is 1.03. The molecule has 0 aliphatic heterocycles. The summed E-state index contributed by atoms with van der Waals surface area (Å²) in [6.45, 7) is 1.39. The first-order valence-electron chi connectivity index (χ1n) is 1.56. The van der Waals surface area contributed by atoms with Crippen molar-refractivity contribution in [2.75, 3.05) is 6.61 Å². The van der Waals surface area contributed by atoms with E-state index in [1.54, 1.807) is 0 Å². The van der Waals surface area contributed by atoms with Crippen molar-refractivity contribution in [2.24, 2.45) is 0 Å². The van der Waals surface area contributed by atoms with E-state index in [4.69, 9.17) is 10.2 Å². The molecule has 0 saturated heterocycles. The van der Waals surface area contributed by atoms with Crippen LogP contribution in [-0.2, 0) is 0 Å². The minimum atomic E-state index is -0.560. The van der Waals surface area contributed by atoms with E-state index in [1.807, 2.05) is 0 Å². The fraction of sp³-hybridized carbons (Fsp3) is 1.00. The van der Waals surface area contributed by atoms with Crippen LogP contribution in [-0.4, -0.2) is 41.8 Å². The average molecular weight is 84.0 g/mol. The van der Waals surface area contributed by atoms with Gasteiger partial charge in [-0.15, -0.1) is 0 Å². The Bertz CT molecular complexity index is 22.8. The SMILES string of the molecule is CC(O)CO.[LiH]. The van der Waals surface area contributed by atoms with Crippen LogP contribution in [0.4, 0.5) is 0 Å². The number of hydrogen-bond donors (Lipinski definition) is 2. The van der Waals surface area contributed by atoms with Gasteiger partial charge in [0.2, 0.25) is 0 Å². The van der Waals surface area contributed by atoms with Gasteiger partial charge in [-0.05, 0) is 6.92 Å². The maximum absolute atomic E-state index is 8.11. The third-order valence-electron chi connectivity index (χ3n) is 0.264. The maximum atomic E-state index is 8.11. The van der Waals surface area contributed by atoms with E-state index in [-0.39, 0.29) is 25.5 Å². The average Bonchev–Trinajstić information content (AvgIpc) is 1.38. The van der Waals surface area contributed by atoms with Crippen LogP contribution < -0.4 is 0 Å². The van der Waals surface area contributed by atoms with Crippen molar-refractivity contribution < 1.29 is 10.2 Å². The molecule has 0 aliphatic carbocycles. The summed E-state index contributed by atoms with van der Waals surface area (Å²) >= 11 is 0. The predicted molar refractivity (Wildman–Crippen MR) is 25.9 cm³/mol. The topological polar surface area (TPSA) is 40.5 Å².